The molecule has 0 aromatic rings. The molecule has 0 amide bonds. The predicted molar refractivity (Wildman–Crippen MR) is 62.9 cm³/mol. The predicted octanol–water partition coefficient (Wildman–Crippen LogP) is 0.194. The van der Waals surface area contributed by atoms with Gasteiger partial charge in [-0.2, -0.15) is 12.6 Å². The molecule has 0 bridgehead atoms. The van der Waals surface area contributed by atoms with Crippen molar-refractivity contribution in [2.45, 2.75) is 18.3 Å². The third-order valence-electron chi connectivity index (χ3n) is 3.47. The molecule has 82 valence electrons. The lowest BCUT2D eigenvalue weighted by atomic mass is 10.1. The maximum Gasteiger partial charge on any atom is 0.0500 e. The SMILES string of the molecule is CC(S)N1CC(N2CCN(C)CC2)C1. The average Bonchev–Trinajstić information content (AvgIpc) is 2.05. The molecule has 3 nitrogen and oxygen atoms in total. The molecule has 0 aromatic carbocycles. The van der Waals surface area contributed by atoms with Gasteiger partial charge in [-0.15, -0.1) is 0 Å². The van der Waals surface area contributed by atoms with Crippen LogP contribution in [0.3, 0.4) is 0 Å². The summed E-state index contributed by atoms with van der Waals surface area (Å²) in [4.78, 5) is 7.47. The standard InChI is InChI=1S/C10H21N3S/c1-9(14)13-7-10(8-13)12-5-3-11(2)4-6-12/h9-10,14H,3-8H2,1-2H3. The number of nitrogens with zero attached hydrogens (tertiary/aromatic N) is 3. The second kappa shape index (κ2) is 4.39. The van der Waals surface area contributed by atoms with Crippen LogP contribution in [0.4, 0.5) is 0 Å². The summed E-state index contributed by atoms with van der Waals surface area (Å²) in [6, 6.07) is 0.804. The summed E-state index contributed by atoms with van der Waals surface area (Å²) in [7, 11) is 2.21. The Morgan fingerprint density at radius 1 is 1.14 bits per heavy atom. The van der Waals surface area contributed by atoms with Crippen molar-refractivity contribution in [3.8, 4) is 0 Å². The van der Waals surface area contributed by atoms with Gasteiger partial charge in [-0.25, -0.2) is 0 Å². The van der Waals surface area contributed by atoms with E-state index in [1.165, 1.54) is 39.3 Å². The van der Waals surface area contributed by atoms with E-state index < -0.39 is 0 Å². The quantitative estimate of drug-likeness (QED) is 0.660. The van der Waals surface area contributed by atoms with Gasteiger partial charge < -0.3 is 4.90 Å². The van der Waals surface area contributed by atoms with E-state index >= 15 is 0 Å². The van der Waals surface area contributed by atoms with Crippen LogP contribution in [0.25, 0.3) is 0 Å². The Morgan fingerprint density at radius 3 is 2.21 bits per heavy atom. The van der Waals surface area contributed by atoms with E-state index in [2.05, 4.69) is 41.3 Å². The summed E-state index contributed by atoms with van der Waals surface area (Å²) in [5.74, 6) is 0. The summed E-state index contributed by atoms with van der Waals surface area (Å²) < 4.78 is 0. The Bertz CT molecular complexity index is 184. The van der Waals surface area contributed by atoms with Gasteiger partial charge in [0.05, 0.1) is 5.37 Å². The van der Waals surface area contributed by atoms with Gasteiger partial charge in [0.2, 0.25) is 0 Å². The van der Waals surface area contributed by atoms with Crippen molar-refractivity contribution in [3.63, 3.8) is 0 Å². The first-order valence-electron chi connectivity index (χ1n) is 5.51. The Kier molecular flexibility index (Phi) is 3.37. The molecule has 1 atom stereocenters. The maximum absolute atomic E-state index is 4.44. The fourth-order valence-electron chi connectivity index (χ4n) is 2.21. The smallest absolute Gasteiger partial charge is 0.0500 e. The second-order valence-electron chi connectivity index (χ2n) is 4.58. The van der Waals surface area contributed by atoms with Gasteiger partial charge in [-0.1, -0.05) is 0 Å². The van der Waals surface area contributed by atoms with Crippen molar-refractivity contribution in [1.29, 1.82) is 0 Å². The second-order valence-corrected chi connectivity index (χ2v) is 5.33. The molecule has 4 heteroatoms. The molecule has 1 unspecified atom stereocenters. The molecule has 0 radical (unpaired) electrons. The lowest BCUT2D eigenvalue weighted by molar-refractivity contribution is 0.00691. The van der Waals surface area contributed by atoms with E-state index in [1.54, 1.807) is 0 Å². The van der Waals surface area contributed by atoms with E-state index in [1.807, 2.05) is 0 Å². The minimum atomic E-state index is 0.429. The Labute approximate surface area is 92.4 Å². The highest BCUT2D eigenvalue weighted by atomic mass is 32.1. The van der Waals surface area contributed by atoms with Gasteiger partial charge in [-0.05, 0) is 14.0 Å². The number of likely N-dealkylation sites (N-methyl/N-ethyl adjacent to an activating group) is 1. The molecule has 2 heterocycles. The first-order chi connectivity index (χ1) is 6.66. The molecule has 2 aliphatic heterocycles. The van der Waals surface area contributed by atoms with Gasteiger partial charge in [-0.3, -0.25) is 9.80 Å². The Morgan fingerprint density at radius 2 is 1.71 bits per heavy atom. The molecule has 14 heavy (non-hydrogen) atoms. The van der Waals surface area contributed by atoms with Crippen LogP contribution in [0, 0.1) is 0 Å². The highest BCUT2D eigenvalue weighted by Gasteiger charge is 2.34. The van der Waals surface area contributed by atoms with Gasteiger partial charge >= 0.3 is 0 Å². The van der Waals surface area contributed by atoms with Crippen molar-refractivity contribution in [2.75, 3.05) is 46.3 Å². The zero-order valence-electron chi connectivity index (χ0n) is 9.19. The van der Waals surface area contributed by atoms with E-state index in [9.17, 15) is 0 Å². The first-order valence-corrected chi connectivity index (χ1v) is 6.03. The molecule has 2 aliphatic rings. The lowest BCUT2D eigenvalue weighted by Gasteiger charge is -2.49. The minimum absolute atomic E-state index is 0.429. The molecule has 0 N–H and O–H groups in total. The number of rotatable bonds is 2. The van der Waals surface area contributed by atoms with Crippen molar-refractivity contribution >= 4 is 12.6 Å². The number of hydrogen-bond donors (Lipinski definition) is 1. The number of likely N-dealkylation sites (tertiary alicyclic amines) is 1. The molecule has 0 saturated carbocycles. The highest BCUT2D eigenvalue weighted by molar-refractivity contribution is 7.80. The van der Waals surface area contributed by atoms with Crippen molar-refractivity contribution in [2.24, 2.45) is 0 Å². The minimum Gasteiger partial charge on any atom is -0.304 e. The zero-order chi connectivity index (χ0) is 10.1. The third-order valence-corrected chi connectivity index (χ3v) is 3.80. The Hall–Kier alpha value is 0.230. The summed E-state index contributed by atoms with van der Waals surface area (Å²) in [6.45, 7) is 9.54. The molecule has 2 saturated heterocycles. The van der Waals surface area contributed by atoms with Crippen LogP contribution in [0.15, 0.2) is 0 Å². The van der Waals surface area contributed by atoms with Crippen LogP contribution >= 0.6 is 12.6 Å². The molecule has 2 rings (SSSR count). The largest absolute Gasteiger partial charge is 0.304 e. The van der Waals surface area contributed by atoms with Crippen molar-refractivity contribution in [1.82, 2.24) is 14.7 Å². The van der Waals surface area contributed by atoms with Gasteiger partial charge in [0.15, 0.2) is 0 Å². The zero-order valence-corrected chi connectivity index (χ0v) is 10.1. The summed E-state index contributed by atoms with van der Waals surface area (Å²) in [6.07, 6.45) is 0. The fourth-order valence-corrected chi connectivity index (χ4v) is 2.40. The molecule has 0 aromatic heterocycles. The average molecular weight is 215 g/mol. The van der Waals surface area contributed by atoms with Crippen LogP contribution in [0.2, 0.25) is 0 Å². The van der Waals surface area contributed by atoms with E-state index in [0.717, 1.165) is 6.04 Å². The summed E-state index contributed by atoms with van der Waals surface area (Å²) in [5, 5.41) is 0.429. The number of piperazine rings is 1. The summed E-state index contributed by atoms with van der Waals surface area (Å²) in [5.41, 5.74) is 0. The fraction of sp³-hybridized carbons (Fsp3) is 1.00. The normalized spacial score (nSPS) is 30.2. The molecule has 0 aliphatic carbocycles. The first kappa shape index (κ1) is 10.7. The third kappa shape index (κ3) is 2.24. The number of thiol groups is 1. The molecular weight excluding hydrogens is 194 g/mol. The van der Waals surface area contributed by atoms with E-state index in [-0.39, 0.29) is 0 Å². The number of hydrogen-bond acceptors (Lipinski definition) is 4. The molecule has 0 spiro atoms. The topological polar surface area (TPSA) is 9.72 Å². The van der Waals surface area contributed by atoms with Gasteiger partial charge in [0.1, 0.15) is 0 Å². The lowest BCUT2D eigenvalue weighted by Crippen LogP contribution is -2.63. The Balaban J connectivity index is 1.72. The van der Waals surface area contributed by atoms with Gasteiger partial charge in [0, 0.05) is 45.3 Å². The maximum atomic E-state index is 4.44. The van der Waals surface area contributed by atoms with Crippen LogP contribution in [0.5, 0.6) is 0 Å². The van der Waals surface area contributed by atoms with Gasteiger partial charge in [0.25, 0.3) is 0 Å². The molecule has 2 fully saturated rings. The van der Waals surface area contributed by atoms with Crippen LogP contribution < -0.4 is 0 Å². The highest BCUT2D eigenvalue weighted by Crippen LogP contribution is 2.20. The van der Waals surface area contributed by atoms with E-state index in [0.29, 0.717) is 5.37 Å². The van der Waals surface area contributed by atoms with Crippen molar-refractivity contribution < 1.29 is 0 Å². The van der Waals surface area contributed by atoms with Crippen LogP contribution in [-0.2, 0) is 0 Å². The molecular formula is C10H21N3S. The van der Waals surface area contributed by atoms with Crippen LogP contribution in [0.1, 0.15) is 6.92 Å². The van der Waals surface area contributed by atoms with Crippen LogP contribution in [-0.4, -0.2) is 72.4 Å². The van der Waals surface area contributed by atoms with E-state index in [4.69, 9.17) is 0 Å². The van der Waals surface area contributed by atoms with Crippen molar-refractivity contribution in [3.05, 3.63) is 0 Å². The monoisotopic (exact) mass is 215 g/mol. The summed E-state index contributed by atoms with van der Waals surface area (Å²) >= 11 is 4.44.